The monoisotopic (exact) mass is 450 g/mol. The summed E-state index contributed by atoms with van der Waals surface area (Å²) < 4.78 is 5.76. The van der Waals surface area contributed by atoms with Crippen molar-refractivity contribution in [3.05, 3.63) is 60.2 Å². The van der Waals surface area contributed by atoms with Crippen LogP contribution in [0.5, 0.6) is 0 Å². The van der Waals surface area contributed by atoms with Crippen LogP contribution in [0.15, 0.2) is 54.6 Å². The zero-order valence-electron chi connectivity index (χ0n) is 20.3. The Morgan fingerprint density at radius 3 is 2.12 bits per heavy atom. The largest absolute Gasteiger partial charge is 0.444 e. The molecule has 0 aliphatic rings. The zero-order valence-corrected chi connectivity index (χ0v) is 20.3. The first-order valence-electron chi connectivity index (χ1n) is 12.1. The van der Waals surface area contributed by atoms with E-state index in [0.717, 1.165) is 44.3 Å². The maximum absolute atomic E-state index is 13.1. The lowest BCUT2D eigenvalue weighted by atomic mass is 9.96. The second-order valence-corrected chi connectivity index (χ2v) is 9.59. The Hall–Kier alpha value is -2.63. The first-order valence-corrected chi connectivity index (χ1v) is 12.1. The summed E-state index contributed by atoms with van der Waals surface area (Å²) in [7, 11) is 0. The van der Waals surface area contributed by atoms with Gasteiger partial charge in [0, 0.05) is 13.2 Å². The van der Waals surface area contributed by atoms with Crippen LogP contribution in [0, 0.1) is 0 Å². The van der Waals surface area contributed by atoms with E-state index in [0.29, 0.717) is 13.1 Å². The minimum Gasteiger partial charge on any atom is -0.444 e. The molecule has 1 amide bonds. The topological polar surface area (TPSA) is 61.8 Å². The Morgan fingerprint density at radius 1 is 0.909 bits per heavy atom. The molecule has 3 aromatic rings. The molecular weight excluding hydrogens is 412 g/mol. The molecule has 33 heavy (non-hydrogen) atoms. The average Bonchev–Trinajstić information content (AvgIpc) is 2.78. The van der Waals surface area contributed by atoms with Crippen LogP contribution in [-0.2, 0) is 11.3 Å². The van der Waals surface area contributed by atoms with Gasteiger partial charge in [0.2, 0.25) is 0 Å². The Bertz CT molecular complexity index is 988. The second kappa shape index (κ2) is 12.0. The Balaban J connectivity index is 1.78. The molecule has 0 spiro atoms. The number of ether oxygens (including phenoxy) is 1. The van der Waals surface area contributed by atoms with Gasteiger partial charge in [-0.2, -0.15) is 0 Å². The summed E-state index contributed by atoms with van der Waals surface area (Å²) in [4.78, 5) is 15.0. The third-order valence-electron chi connectivity index (χ3n) is 5.68. The van der Waals surface area contributed by atoms with Crippen LogP contribution in [0.25, 0.3) is 21.5 Å². The molecular formula is C28H38N2O3. The number of nitrogens with zero attached hydrogens (tertiary/aromatic N) is 1. The molecule has 178 valence electrons. The van der Waals surface area contributed by atoms with E-state index < -0.39 is 5.60 Å². The fourth-order valence-corrected chi connectivity index (χ4v) is 4.09. The maximum atomic E-state index is 13.1. The van der Waals surface area contributed by atoms with Crippen molar-refractivity contribution in [3.63, 3.8) is 0 Å². The maximum Gasteiger partial charge on any atom is 0.410 e. The number of hydrogen-bond acceptors (Lipinski definition) is 4. The van der Waals surface area contributed by atoms with Crippen molar-refractivity contribution in [2.24, 2.45) is 0 Å². The molecule has 0 aliphatic carbocycles. The highest BCUT2D eigenvalue weighted by molar-refractivity contribution is 6.02. The third kappa shape index (κ3) is 7.44. The fraction of sp³-hybridized carbons (Fsp3) is 0.464. The predicted octanol–water partition coefficient (Wildman–Crippen LogP) is 5.87. The first-order chi connectivity index (χ1) is 15.9. The fourth-order valence-electron chi connectivity index (χ4n) is 4.09. The molecule has 5 heteroatoms. The number of carbonyl (C=O) groups excluding carboxylic acids is 1. The molecule has 0 aromatic heterocycles. The number of amides is 1. The number of hydrogen-bond donors (Lipinski definition) is 2. The van der Waals surface area contributed by atoms with Crippen molar-refractivity contribution in [1.29, 1.82) is 0 Å². The summed E-state index contributed by atoms with van der Waals surface area (Å²) >= 11 is 0. The van der Waals surface area contributed by atoms with Gasteiger partial charge < -0.3 is 20.1 Å². The van der Waals surface area contributed by atoms with E-state index in [-0.39, 0.29) is 12.7 Å². The molecule has 0 saturated carbocycles. The normalized spacial score (nSPS) is 11.8. The van der Waals surface area contributed by atoms with Gasteiger partial charge in [0.1, 0.15) is 5.60 Å². The highest BCUT2D eigenvalue weighted by Gasteiger charge is 2.23. The minimum absolute atomic E-state index is 0.258. The van der Waals surface area contributed by atoms with Gasteiger partial charge in [0.15, 0.2) is 0 Å². The summed E-state index contributed by atoms with van der Waals surface area (Å²) in [6, 6.07) is 19.0. The van der Waals surface area contributed by atoms with E-state index in [1.54, 1.807) is 0 Å². The van der Waals surface area contributed by atoms with E-state index in [2.05, 4.69) is 59.9 Å². The summed E-state index contributed by atoms with van der Waals surface area (Å²) in [5.74, 6) is 0. The molecule has 0 aliphatic heterocycles. The Morgan fingerprint density at radius 2 is 1.52 bits per heavy atom. The molecule has 0 unspecified atom stereocenters. The number of nitrogens with one attached hydrogen (secondary N) is 1. The minimum atomic E-state index is -0.541. The number of aliphatic hydroxyl groups excluding tert-OH is 1. The van der Waals surface area contributed by atoms with Crippen LogP contribution in [-0.4, -0.2) is 47.9 Å². The van der Waals surface area contributed by atoms with Crippen molar-refractivity contribution < 1.29 is 14.6 Å². The van der Waals surface area contributed by atoms with E-state index >= 15 is 0 Å². The highest BCUT2D eigenvalue weighted by atomic mass is 16.6. The van der Waals surface area contributed by atoms with Crippen LogP contribution in [0.1, 0.15) is 52.0 Å². The Kier molecular flexibility index (Phi) is 9.10. The van der Waals surface area contributed by atoms with Gasteiger partial charge in [0.05, 0.1) is 6.54 Å². The van der Waals surface area contributed by atoms with Crippen LogP contribution >= 0.6 is 0 Å². The molecule has 2 N–H and O–H groups in total. The van der Waals surface area contributed by atoms with E-state index in [4.69, 9.17) is 9.84 Å². The summed E-state index contributed by atoms with van der Waals surface area (Å²) in [6.45, 7) is 8.88. The zero-order chi connectivity index (χ0) is 23.7. The first kappa shape index (κ1) is 25.0. The van der Waals surface area contributed by atoms with Crippen molar-refractivity contribution in [1.82, 2.24) is 10.2 Å². The summed E-state index contributed by atoms with van der Waals surface area (Å²) in [5, 5.41) is 17.0. The molecule has 5 nitrogen and oxygen atoms in total. The average molecular weight is 451 g/mol. The van der Waals surface area contributed by atoms with Gasteiger partial charge in [-0.15, -0.1) is 0 Å². The molecule has 0 atom stereocenters. The standard InChI is InChI=1S/C28H38N2O3/c1-28(2,3)33-27(32)30(18-11-17-29-16-9-4-10-19-31)21-26-24-14-7-5-12-22(24)20-23-13-6-8-15-25(23)26/h5-8,12-15,20,29,31H,4,9-11,16-19,21H2,1-3H3. The lowest BCUT2D eigenvalue weighted by Crippen LogP contribution is -2.38. The predicted molar refractivity (Wildman–Crippen MR) is 137 cm³/mol. The van der Waals surface area contributed by atoms with Gasteiger partial charge in [0.25, 0.3) is 0 Å². The lowest BCUT2D eigenvalue weighted by molar-refractivity contribution is 0.0233. The number of fused-ring (bicyclic) bond motifs is 2. The van der Waals surface area contributed by atoms with Crippen molar-refractivity contribution in [2.45, 2.75) is 58.6 Å². The van der Waals surface area contributed by atoms with Gasteiger partial charge in [-0.25, -0.2) is 4.79 Å². The quantitative estimate of drug-likeness (QED) is 0.283. The van der Waals surface area contributed by atoms with E-state index in [1.165, 1.54) is 21.5 Å². The van der Waals surface area contributed by atoms with Crippen LogP contribution < -0.4 is 5.32 Å². The third-order valence-corrected chi connectivity index (χ3v) is 5.68. The van der Waals surface area contributed by atoms with Gasteiger partial charge in [-0.3, -0.25) is 0 Å². The van der Waals surface area contributed by atoms with Crippen LogP contribution in [0.3, 0.4) is 0 Å². The van der Waals surface area contributed by atoms with Crippen molar-refractivity contribution in [3.8, 4) is 0 Å². The van der Waals surface area contributed by atoms with Crippen LogP contribution in [0.4, 0.5) is 4.79 Å². The second-order valence-electron chi connectivity index (χ2n) is 9.59. The SMILES string of the molecule is CC(C)(C)OC(=O)N(CCCNCCCCCO)Cc1c2ccccc2cc2ccccc12. The molecule has 0 saturated heterocycles. The lowest BCUT2D eigenvalue weighted by Gasteiger charge is -2.28. The molecule has 0 bridgehead atoms. The molecule has 0 radical (unpaired) electrons. The number of benzene rings is 3. The van der Waals surface area contributed by atoms with Crippen molar-refractivity contribution in [2.75, 3.05) is 26.2 Å². The van der Waals surface area contributed by atoms with E-state index in [9.17, 15) is 4.79 Å². The molecule has 3 aromatic carbocycles. The number of rotatable bonds is 11. The van der Waals surface area contributed by atoms with Gasteiger partial charge >= 0.3 is 6.09 Å². The van der Waals surface area contributed by atoms with Gasteiger partial charge in [-0.1, -0.05) is 48.5 Å². The smallest absolute Gasteiger partial charge is 0.410 e. The number of unbranched alkanes of at least 4 members (excludes halogenated alkanes) is 2. The van der Waals surface area contributed by atoms with Gasteiger partial charge in [-0.05, 0) is 92.7 Å². The molecule has 3 rings (SSSR count). The number of carbonyl (C=O) groups is 1. The molecule has 0 heterocycles. The summed E-state index contributed by atoms with van der Waals surface area (Å²) in [6.07, 6.45) is 3.51. The summed E-state index contributed by atoms with van der Waals surface area (Å²) in [5.41, 5.74) is 0.618. The highest BCUT2D eigenvalue weighted by Crippen LogP contribution is 2.30. The van der Waals surface area contributed by atoms with Crippen LogP contribution in [0.2, 0.25) is 0 Å². The number of aliphatic hydroxyl groups is 1. The molecule has 0 fully saturated rings. The Labute approximate surface area is 197 Å². The van der Waals surface area contributed by atoms with E-state index in [1.807, 2.05) is 25.7 Å². The van der Waals surface area contributed by atoms with Crippen molar-refractivity contribution >= 4 is 27.6 Å².